The summed E-state index contributed by atoms with van der Waals surface area (Å²) in [5, 5.41) is 0. The summed E-state index contributed by atoms with van der Waals surface area (Å²) in [5.41, 5.74) is 10.4. The number of nitrogens with zero attached hydrogens (tertiary/aromatic N) is 2. The van der Waals surface area contributed by atoms with E-state index in [-0.39, 0.29) is 22.6 Å². The minimum Gasteiger partial charge on any atom is -0.369 e. The minimum atomic E-state index is -0.381. The molecule has 0 aromatic rings. The van der Waals surface area contributed by atoms with Crippen molar-refractivity contribution in [3.8, 4) is 0 Å². The van der Waals surface area contributed by atoms with Crippen LogP contribution in [0.15, 0.2) is 0 Å². The van der Waals surface area contributed by atoms with Crippen LogP contribution in [-0.4, -0.2) is 60.9 Å². The molecule has 0 saturated carbocycles. The van der Waals surface area contributed by atoms with Crippen LogP contribution in [0, 0.1) is 22.7 Å². The lowest BCUT2D eigenvalue weighted by molar-refractivity contribution is -0.129. The van der Waals surface area contributed by atoms with Gasteiger partial charge in [-0.3, -0.25) is 9.59 Å². The third kappa shape index (κ3) is 8.54. The van der Waals surface area contributed by atoms with Crippen LogP contribution in [0.3, 0.4) is 0 Å². The molecule has 2 aliphatic heterocycles. The largest absolute Gasteiger partial charge is 0.369 e. The van der Waals surface area contributed by atoms with Gasteiger partial charge in [0.05, 0.1) is 0 Å². The molecule has 2 fully saturated rings. The van der Waals surface area contributed by atoms with Gasteiger partial charge < -0.3 is 21.3 Å². The van der Waals surface area contributed by atoms with E-state index in [9.17, 15) is 9.59 Å². The Kier molecular flexibility index (Phi) is 11.1. The molecule has 0 aromatic heterocycles. The van der Waals surface area contributed by atoms with Crippen molar-refractivity contribution in [1.29, 1.82) is 0 Å². The molecule has 192 valence electrons. The van der Waals surface area contributed by atoms with Gasteiger partial charge in [0.2, 0.25) is 11.8 Å². The van der Waals surface area contributed by atoms with Gasteiger partial charge in [0, 0.05) is 23.9 Å². The topological polar surface area (TPSA) is 92.7 Å². The number of nitrogens with two attached hydrogens (primary N) is 2. The predicted octanol–water partition coefficient (Wildman–Crippen LogP) is 4.16. The summed E-state index contributed by atoms with van der Waals surface area (Å²) in [4.78, 5) is 28.4. The molecule has 2 saturated heterocycles. The minimum absolute atomic E-state index is 0.164. The molecule has 2 aliphatic rings. The normalized spacial score (nSPS) is 22.8. The monoisotopic (exact) mass is 464 g/mol. The Morgan fingerprint density at radius 1 is 0.636 bits per heavy atom. The third-order valence-electron chi connectivity index (χ3n) is 8.80. The third-order valence-corrected chi connectivity index (χ3v) is 8.80. The molecule has 0 bridgehead atoms. The molecule has 0 spiro atoms. The number of hydrogen-bond acceptors (Lipinski definition) is 4. The first-order valence-corrected chi connectivity index (χ1v) is 13.6. The van der Waals surface area contributed by atoms with Crippen molar-refractivity contribution in [3.05, 3.63) is 0 Å². The zero-order valence-corrected chi connectivity index (χ0v) is 22.0. The number of primary amides is 2. The van der Waals surface area contributed by atoms with Gasteiger partial charge >= 0.3 is 0 Å². The Morgan fingerprint density at radius 3 is 1.24 bits per heavy atom. The fraction of sp³-hybridized carbons (Fsp3) is 0.926. The number of likely N-dealkylation sites (tertiary alicyclic amines) is 2. The fourth-order valence-electron chi connectivity index (χ4n) is 5.56. The maximum Gasteiger partial charge on any atom is 0.223 e. The van der Waals surface area contributed by atoms with E-state index >= 15 is 0 Å². The Bertz CT molecular complexity index is 567. The predicted molar refractivity (Wildman–Crippen MR) is 137 cm³/mol. The maximum atomic E-state index is 11.7. The molecular formula is C27H52N4O2. The number of amides is 2. The van der Waals surface area contributed by atoms with Crippen LogP contribution >= 0.6 is 0 Å². The van der Waals surface area contributed by atoms with Crippen LogP contribution in [0.5, 0.6) is 0 Å². The molecule has 0 aliphatic carbocycles. The molecular weight excluding hydrogens is 412 g/mol. The van der Waals surface area contributed by atoms with E-state index in [2.05, 4.69) is 9.80 Å². The molecule has 4 N–H and O–H groups in total. The molecule has 6 heteroatoms. The molecule has 2 heterocycles. The highest BCUT2D eigenvalue weighted by Gasteiger charge is 2.39. The van der Waals surface area contributed by atoms with Crippen LogP contribution in [0.4, 0.5) is 0 Å². The average Bonchev–Trinajstić information content (AvgIpc) is 3.42. The first-order valence-electron chi connectivity index (χ1n) is 13.6. The van der Waals surface area contributed by atoms with Gasteiger partial charge in [-0.25, -0.2) is 0 Å². The second-order valence-electron chi connectivity index (χ2n) is 11.9. The first-order chi connectivity index (χ1) is 15.5. The first kappa shape index (κ1) is 28.1. The zero-order chi connectivity index (χ0) is 24.5. The Morgan fingerprint density at radius 2 is 0.939 bits per heavy atom. The second-order valence-corrected chi connectivity index (χ2v) is 11.9. The lowest BCUT2D eigenvalue weighted by Gasteiger charge is -2.28. The van der Waals surface area contributed by atoms with E-state index in [4.69, 9.17) is 11.5 Å². The zero-order valence-electron chi connectivity index (χ0n) is 22.0. The lowest BCUT2D eigenvalue weighted by atomic mass is 9.78. The molecule has 2 amide bonds. The van der Waals surface area contributed by atoms with Crippen molar-refractivity contribution in [1.82, 2.24) is 9.80 Å². The van der Waals surface area contributed by atoms with Gasteiger partial charge in [-0.15, -0.1) is 0 Å². The van der Waals surface area contributed by atoms with E-state index in [1.165, 1.54) is 70.9 Å². The second kappa shape index (κ2) is 13.1. The van der Waals surface area contributed by atoms with E-state index in [0.717, 1.165) is 39.0 Å². The Hall–Kier alpha value is -1.14. The Balaban J connectivity index is 1.40. The van der Waals surface area contributed by atoms with Crippen molar-refractivity contribution < 1.29 is 9.59 Å². The number of hydrogen-bond donors (Lipinski definition) is 2. The van der Waals surface area contributed by atoms with Crippen molar-refractivity contribution in [2.24, 2.45) is 34.1 Å². The van der Waals surface area contributed by atoms with Crippen molar-refractivity contribution in [2.75, 3.05) is 39.3 Å². The van der Waals surface area contributed by atoms with E-state index in [1.54, 1.807) is 0 Å². The summed E-state index contributed by atoms with van der Waals surface area (Å²) in [6, 6.07) is 0. The number of rotatable bonds is 16. The highest BCUT2D eigenvalue weighted by molar-refractivity contribution is 5.80. The van der Waals surface area contributed by atoms with Crippen LogP contribution in [-0.2, 0) is 9.59 Å². The van der Waals surface area contributed by atoms with E-state index in [1.807, 2.05) is 27.7 Å². The lowest BCUT2D eigenvalue weighted by Crippen LogP contribution is -2.39. The van der Waals surface area contributed by atoms with Crippen molar-refractivity contribution in [2.45, 2.75) is 98.3 Å². The van der Waals surface area contributed by atoms with Gasteiger partial charge in [0.25, 0.3) is 0 Å². The van der Waals surface area contributed by atoms with Gasteiger partial charge in [0.1, 0.15) is 0 Å². The fourth-order valence-corrected chi connectivity index (χ4v) is 5.56. The molecule has 6 nitrogen and oxygen atoms in total. The number of unbranched alkanes of at least 4 members (excludes halogenated alkanes) is 8. The van der Waals surface area contributed by atoms with E-state index < -0.39 is 0 Å². The van der Waals surface area contributed by atoms with Crippen LogP contribution < -0.4 is 11.5 Å². The van der Waals surface area contributed by atoms with E-state index in [0.29, 0.717) is 11.8 Å². The summed E-state index contributed by atoms with van der Waals surface area (Å²) in [6.45, 7) is 14.6. The standard InChI is InChI=1S/C27H52N4O2/c1-26(2,24(28)32)22-14-18-30(20-22)16-12-10-8-6-5-7-9-11-13-17-31-19-15-23(21-31)27(3,4)25(29)33/h22-23H,5-21H2,1-4H3,(H2,28,32)(H2,29,33). The van der Waals surface area contributed by atoms with Crippen LogP contribution in [0.1, 0.15) is 98.3 Å². The number of carbonyl (C=O) groups excluding carboxylic acids is 2. The Labute approximate surface area is 203 Å². The quantitative estimate of drug-likeness (QED) is 0.335. The highest BCUT2D eigenvalue weighted by atomic mass is 16.1. The van der Waals surface area contributed by atoms with Gasteiger partial charge in [-0.1, -0.05) is 72.6 Å². The average molecular weight is 465 g/mol. The van der Waals surface area contributed by atoms with Crippen LogP contribution in [0.25, 0.3) is 0 Å². The summed E-state index contributed by atoms with van der Waals surface area (Å²) < 4.78 is 0. The SMILES string of the molecule is CC(C)(C(N)=O)C1CCN(CCCCCCCCCCCN2CCC(C(C)(C)C(N)=O)C2)C1. The summed E-state index contributed by atoms with van der Waals surface area (Å²) >= 11 is 0. The van der Waals surface area contributed by atoms with Crippen LogP contribution in [0.2, 0.25) is 0 Å². The van der Waals surface area contributed by atoms with Crippen molar-refractivity contribution in [3.63, 3.8) is 0 Å². The number of carbonyl (C=O) groups is 2. The van der Waals surface area contributed by atoms with Gasteiger partial charge in [-0.05, 0) is 63.7 Å². The molecule has 2 rings (SSSR count). The smallest absolute Gasteiger partial charge is 0.223 e. The molecule has 0 radical (unpaired) electrons. The molecule has 2 unspecified atom stereocenters. The van der Waals surface area contributed by atoms with Crippen molar-refractivity contribution >= 4 is 11.8 Å². The maximum absolute atomic E-state index is 11.7. The molecule has 2 atom stereocenters. The summed E-state index contributed by atoms with van der Waals surface area (Å²) in [7, 11) is 0. The highest BCUT2D eigenvalue weighted by Crippen LogP contribution is 2.35. The summed E-state index contributed by atoms with van der Waals surface area (Å²) in [5.74, 6) is 0.485. The van der Waals surface area contributed by atoms with Gasteiger partial charge in [-0.2, -0.15) is 0 Å². The molecule has 33 heavy (non-hydrogen) atoms. The van der Waals surface area contributed by atoms with Gasteiger partial charge in [0.15, 0.2) is 0 Å². The summed E-state index contributed by atoms with van der Waals surface area (Å²) in [6.07, 6.45) is 14.1. The molecule has 0 aromatic carbocycles.